The summed E-state index contributed by atoms with van der Waals surface area (Å²) in [6, 6.07) is 9.74. The maximum absolute atomic E-state index is 11.6. The van der Waals surface area contributed by atoms with Crippen molar-refractivity contribution in [3.05, 3.63) is 30.3 Å². The molecule has 7 heteroatoms. The predicted octanol–water partition coefficient (Wildman–Crippen LogP) is 2.14. The first-order valence-corrected chi connectivity index (χ1v) is 7.96. The second kappa shape index (κ2) is 11.1. The van der Waals surface area contributed by atoms with Crippen LogP contribution in [0.3, 0.4) is 0 Å². The summed E-state index contributed by atoms with van der Waals surface area (Å²) in [6.07, 6.45) is 1.60. The molecule has 0 bridgehead atoms. The van der Waals surface area contributed by atoms with Crippen LogP contribution in [0.4, 0.5) is 0 Å². The Kier molecular flexibility index (Phi) is 9.51. The minimum Gasteiger partial charge on any atom is -0.492 e. The number of nitrogens with one attached hydrogen (secondary N) is 1. The molecule has 1 fully saturated rings. The number of nitrogens with zero attached hydrogens (tertiary/aromatic N) is 2. The zero-order valence-electron chi connectivity index (χ0n) is 14.2. The fourth-order valence-corrected chi connectivity index (χ4v) is 2.67. The monoisotopic (exact) mass is 447 g/mol. The molecule has 1 aliphatic heterocycles. The number of guanidine groups is 1. The van der Waals surface area contributed by atoms with Crippen LogP contribution in [0.25, 0.3) is 0 Å². The molecule has 2 rings (SSSR count). The SMILES string of the molecule is CN=C(NCCOc1ccccc1)N1CCC(C(=O)OC)CC1.I. The van der Waals surface area contributed by atoms with Crippen LogP contribution in [0, 0.1) is 5.92 Å². The van der Waals surface area contributed by atoms with Crippen molar-refractivity contribution in [3.63, 3.8) is 0 Å². The molecule has 0 atom stereocenters. The molecule has 0 radical (unpaired) electrons. The van der Waals surface area contributed by atoms with E-state index in [4.69, 9.17) is 9.47 Å². The quantitative estimate of drug-likeness (QED) is 0.247. The Hall–Kier alpha value is -1.51. The lowest BCUT2D eigenvalue weighted by atomic mass is 9.97. The van der Waals surface area contributed by atoms with Gasteiger partial charge in [-0.1, -0.05) is 18.2 Å². The van der Waals surface area contributed by atoms with Gasteiger partial charge in [0.1, 0.15) is 12.4 Å². The lowest BCUT2D eigenvalue weighted by Crippen LogP contribution is -2.47. The van der Waals surface area contributed by atoms with Crippen LogP contribution in [-0.4, -0.2) is 57.2 Å². The topological polar surface area (TPSA) is 63.2 Å². The molecular weight excluding hydrogens is 421 g/mol. The number of hydrogen-bond donors (Lipinski definition) is 1. The van der Waals surface area contributed by atoms with Crippen LogP contribution in [0.2, 0.25) is 0 Å². The van der Waals surface area contributed by atoms with Gasteiger partial charge >= 0.3 is 5.97 Å². The van der Waals surface area contributed by atoms with Gasteiger partial charge in [-0.15, -0.1) is 24.0 Å². The number of carbonyl (C=O) groups excluding carboxylic acids is 1. The number of halogens is 1. The molecule has 1 heterocycles. The Bertz CT molecular complexity index is 517. The number of likely N-dealkylation sites (tertiary alicyclic amines) is 1. The number of piperidine rings is 1. The second-order valence-corrected chi connectivity index (χ2v) is 5.42. The summed E-state index contributed by atoms with van der Waals surface area (Å²) in [5.41, 5.74) is 0. The Labute approximate surface area is 160 Å². The summed E-state index contributed by atoms with van der Waals surface area (Å²) < 4.78 is 10.5. The third-order valence-corrected chi connectivity index (χ3v) is 3.94. The van der Waals surface area contributed by atoms with E-state index in [9.17, 15) is 4.79 Å². The highest BCUT2D eigenvalue weighted by Gasteiger charge is 2.26. The summed E-state index contributed by atoms with van der Waals surface area (Å²) in [4.78, 5) is 18.0. The van der Waals surface area contributed by atoms with Crippen LogP contribution in [-0.2, 0) is 9.53 Å². The van der Waals surface area contributed by atoms with E-state index >= 15 is 0 Å². The van der Waals surface area contributed by atoms with Gasteiger partial charge in [-0.25, -0.2) is 0 Å². The average molecular weight is 447 g/mol. The first-order chi connectivity index (χ1) is 11.2. The molecule has 1 saturated heterocycles. The largest absolute Gasteiger partial charge is 0.492 e. The van der Waals surface area contributed by atoms with E-state index in [1.54, 1.807) is 7.05 Å². The van der Waals surface area contributed by atoms with Gasteiger partial charge in [0.05, 0.1) is 19.6 Å². The predicted molar refractivity (Wildman–Crippen MR) is 105 cm³/mol. The maximum Gasteiger partial charge on any atom is 0.308 e. The van der Waals surface area contributed by atoms with Crippen molar-refractivity contribution in [3.8, 4) is 5.75 Å². The van der Waals surface area contributed by atoms with Gasteiger partial charge in [0.15, 0.2) is 5.96 Å². The van der Waals surface area contributed by atoms with Crippen molar-refractivity contribution in [1.82, 2.24) is 10.2 Å². The van der Waals surface area contributed by atoms with E-state index < -0.39 is 0 Å². The third kappa shape index (κ3) is 6.18. The molecule has 1 aliphatic rings. The number of aliphatic imine (C=N–C) groups is 1. The van der Waals surface area contributed by atoms with E-state index in [1.807, 2.05) is 30.3 Å². The molecule has 134 valence electrons. The first kappa shape index (κ1) is 20.5. The summed E-state index contributed by atoms with van der Waals surface area (Å²) in [5, 5.41) is 3.30. The molecule has 1 N–H and O–H groups in total. The minimum absolute atomic E-state index is 0. The fourth-order valence-electron chi connectivity index (χ4n) is 2.67. The molecule has 1 aromatic rings. The normalized spacial score (nSPS) is 15.4. The first-order valence-electron chi connectivity index (χ1n) is 7.96. The van der Waals surface area contributed by atoms with E-state index in [2.05, 4.69) is 15.2 Å². The lowest BCUT2D eigenvalue weighted by molar-refractivity contribution is -0.146. The molecule has 24 heavy (non-hydrogen) atoms. The van der Waals surface area contributed by atoms with Crippen molar-refractivity contribution in [2.24, 2.45) is 10.9 Å². The molecule has 0 amide bonds. The Morgan fingerprint density at radius 1 is 1.29 bits per heavy atom. The van der Waals surface area contributed by atoms with Gasteiger partial charge in [0.2, 0.25) is 0 Å². The number of ether oxygens (including phenoxy) is 2. The van der Waals surface area contributed by atoms with Crippen molar-refractivity contribution in [2.75, 3.05) is 40.4 Å². The molecule has 1 aromatic carbocycles. The number of carbonyl (C=O) groups is 1. The van der Waals surface area contributed by atoms with Gasteiger partial charge in [-0.05, 0) is 25.0 Å². The summed E-state index contributed by atoms with van der Waals surface area (Å²) in [7, 11) is 3.22. The fraction of sp³-hybridized carbons (Fsp3) is 0.529. The third-order valence-electron chi connectivity index (χ3n) is 3.94. The molecular formula is C17H26IN3O3. The lowest BCUT2D eigenvalue weighted by Gasteiger charge is -2.33. The molecule has 6 nitrogen and oxygen atoms in total. The van der Waals surface area contributed by atoms with Gasteiger partial charge in [-0.2, -0.15) is 0 Å². The number of para-hydroxylation sites is 1. The molecule has 0 aromatic heterocycles. The summed E-state index contributed by atoms with van der Waals surface area (Å²) >= 11 is 0. The van der Waals surface area contributed by atoms with E-state index in [-0.39, 0.29) is 35.9 Å². The summed E-state index contributed by atoms with van der Waals surface area (Å²) in [6.45, 7) is 2.86. The van der Waals surface area contributed by atoms with Gasteiger partial charge in [0.25, 0.3) is 0 Å². The highest BCUT2D eigenvalue weighted by atomic mass is 127. The molecule has 0 saturated carbocycles. The maximum atomic E-state index is 11.6. The number of benzene rings is 1. The zero-order valence-corrected chi connectivity index (χ0v) is 16.6. The van der Waals surface area contributed by atoms with Gasteiger partial charge < -0.3 is 19.7 Å². The summed E-state index contributed by atoms with van der Waals surface area (Å²) in [5.74, 6) is 1.62. The molecule has 0 unspecified atom stereocenters. The average Bonchev–Trinajstić information content (AvgIpc) is 2.62. The standard InChI is InChI=1S/C17H25N3O3.HI/c1-18-17(19-10-13-23-15-6-4-3-5-7-15)20-11-8-14(9-12-20)16(21)22-2;/h3-7,14H,8-13H2,1-2H3,(H,18,19);1H. The Morgan fingerprint density at radius 3 is 2.54 bits per heavy atom. The van der Waals surface area contributed by atoms with Crippen molar-refractivity contribution >= 4 is 35.9 Å². The highest BCUT2D eigenvalue weighted by molar-refractivity contribution is 14.0. The highest BCUT2D eigenvalue weighted by Crippen LogP contribution is 2.18. The molecule has 0 aliphatic carbocycles. The zero-order chi connectivity index (χ0) is 16.5. The van der Waals surface area contributed by atoms with Crippen LogP contribution in [0.1, 0.15) is 12.8 Å². The van der Waals surface area contributed by atoms with E-state index in [0.717, 1.165) is 37.6 Å². The number of hydrogen-bond acceptors (Lipinski definition) is 4. The number of rotatable bonds is 5. The van der Waals surface area contributed by atoms with Crippen molar-refractivity contribution in [2.45, 2.75) is 12.8 Å². The van der Waals surface area contributed by atoms with Gasteiger partial charge in [0, 0.05) is 20.1 Å². The van der Waals surface area contributed by atoms with Crippen LogP contribution in [0.15, 0.2) is 35.3 Å². The molecule has 0 spiro atoms. The van der Waals surface area contributed by atoms with Crippen LogP contribution < -0.4 is 10.1 Å². The Balaban J connectivity index is 0.00000288. The number of methoxy groups -OCH3 is 1. The van der Waals surface area contributed by atoms with Crippen LogP contribution >= 0.6 is 24.0 Å². The number of esters is 1. The van der Waals surface area contributed by atoms with Crippen molar-refractivity contribution in [1.29, 1.82) is 0 Å². The minimum atomic E-state index is -0.108. The van der Waals surface area contributed by atoms with Gasteiger partial charge in [-0.3, -0.25) is 9.79 Å². The van der Waals surface area contributed by atoms with E-state index in [0.29, 0.717) is 13.2 Å². The second-order valence-electron chi connectivity index (χ2n) is 5.42. The smallest absolute Gasteiger partial charge is 0.308 e. The van der Waals surface area contributed by atoms with Crippen LogP contribution in [0.5, 0.6) is 5.75 Å². The van der Waals surface area contributed by atoms with E-state index in [1.165, 1.54) is 7.11 Å². The van der Waals surface area contributed by atoms with Crippen molar-refractivity contribution < 1.29 is 14.3 Å². The Morgan fingerprint density at radius 2 is 1.96 bits per heavy atom.